The van der Waals surface area contributed by atoms with Gasteiger partial charge in [0, 0.05) is 18.8 Å². The van der Waals surface area contributed by atoms with Crippen molar-refractivity contribution in [3.8, 4) is 5.75 Å². The summed E-state index contributed by atoms with van der Waals surface area (Å²) < 4.78 is 5.25. The lowest BCUT2D eigenvalue weighted by molar-refractivity contribution is -0.122. The van der Waals surface area contributed by atoms with Gasteiger partial charge in [-0.05, 0) is 19.1 Å². The lowest BCUT2D eigenvalue weighted by Gasteiger charge is -2.10. The fourth-order valence-corrected chi connectivity index (χ4v) is 1.14. The normalized spacial score (nSPS) is 11.5. The van der Waals surface area contributed by atoms with E-state index in [9.17, 15) is 9.59 Å². The highest BCUT2D eigenvalue weighted by molar-refractivity contribution is 5.94. The third-order valence-electron chi connectivity index (χ3n) is 2.16. The van der Waals surface area contributed by atoms with Crippen molar-refractivity contribution in [2.45, 2.75) is 13.0 Å². The number of amides is 2. The molecule has 0 saturated carbocycles. The Labute approximate surface area is 105 Å². The highest BCUT2D eigenvalue weighted by Gasteiger charge is 2.08. The summed E-state index contributed by atoms with van der Waals surface area (Å²) in [5.41, 5.74) is 6.02. The summed E-state index contributed by atoms with van der Waals surface area (Å²) in [7, 11) is 1.53. The van der Waals surface area contributed by atoms with Crippen molar-refractivity contribution >= 4 is 17.5 Å². The lowest BCUT2D eigenvalue weighted by Crippen LogP contribution is -2.32. The van der Waals surface area contributed by atoms with Crippen molar-refractivity contribution in [3.63, 3.8) is 0 Å². The zero-order valence-corrected chi connectivity index (χ0v) is 10.4. The molecule has 6 heteroatoms. The van der Waals surface area contributed by atoms with E-state index in [1.807, 2.05) is 0 Å². The molecule has 2 amide bonds. The number of anilines is 1. The molecule has 0 heterocycles. The average molecular weight is 251 g/mol. The van der Waals surface area contributed by atoms with E-state index < -0.39 is 6.04 Å². The van der Waals surface area contributed by atoms with Crippen molar-refractivity contribution in [1.29, 1.82) is 0 Å². The van der Waals surface area contributed by atoms with Crippen LogP contribution in [-0.4, -0.2) is 31.5 Å². The minimum absolute atomic E-state index is 0.0683. The maximum absolute atomic E-state index is 11.4. The maximum atomic E-state index is 11.4. The van der Waals surface area contributed by atoms with Crippen molar-refractivity contribution in [2.24, 2.45) is 5.73 Å². The predicted molar refractivity (Wildman–Crippen MR) is 68.3 cm³/mol. The second-order valence-corrected chi connectivity index (χ2v) is 3.77. The predicted octanol–water partition coefficient (Wildman–Crippen LogP) is 0.0971. The van der Waals surface area contributed by atoms with E-state index in [0.29, 0.717) is 11.4 Å². The molecule has 0 bridgehead atoms. The van der Waals surface area contributed by atoms with E-state index in [1.165, 1.54) is 7.05 Å². The summed E-state index contributed by atoms with van der Waals surface area (Å²) >= 11 is 0. The van der Waals surface area contributed by atoms with Gasteiger partial charge in [-0.15, -0.1) is 0 Å². The monoisotopic (exact) mass is 251 g/mol. The van der Waals surface area contributed by atoms with Gasteiger partial charge < -0.3 is 21.1 Å². The highest BCUT2D eigenvalue weighted by atomic mass is 16.5. The van der Waals surface area contributed by atoms with E-state index >= 15 is 0 Å². The number of nitrogens with two attached hydrogens (primary N) is 1. The summed E-state index contributed by atoms with van der Waals surface area (Å²) in [5, 5.41) is 5.09. The van der Waals surface area contributed by atoms with Crippen molar-refractivity contribution in [3.05, 3.63) is 24.3 Å². The van der Waals surface area contributed by atoms with Gasteiger partial charge in [-0.2, -0.15) is 0 Å². The topological polar surface area (TPSA) is 93.5 Å². The molecule has 0 saturated heterocycles. The molecule has 1 rings (SSSR count). The highest BCUT2D eigenvalue weighted by Crippen LogP contribution is 2.17. The minimum Gasteiger partial charge on any atom is -0.484 e. The number of hydrogen-bond donors (Lipinski definition) is 3. The first-order chi connectivity index (χ1) is 8.52. The van der Waals surface area contributed by atoms with Crippen molar-refractivity contribution in [1.82, 2.24) is 5.32 Å². The Morgan fingerprint density at radius 2 is 2.17 bits per heavy atom. The number of carbonyl (C=O) groups excluding carboxylic acids is 2. The standard InChI is InChI=1S/C12H17N3O3/c1-8(13)12(17)15-9-4-3-5-10(6-9)18-7-11(16)14-2/h3-6,8H,7,13H2,1-2H3,(H,14,16)(H,15,17)/t8-/m0/s1. The molecule has 1 aromatic carbocycles. The van der Waals surface area contributed by atoms with E-state index in [4.69, 9.17) is 10.5 Å². The number of ether oxygens (including phenoxy) is 1. The van der Waals surface area contributed by atoms with Gasteiger partial charge >= 0.3 is 0 Å². The number of nitrogens with one attached hydrogen (secondary N) is 2. The molecule has 0 aliphatic heterocycles. The van der Waals surface area contributed by atoms with Crippen LogP contribution in [0.1, 0.15) is 6.92 Å². The maximum Gasteiger partial charge on any atom is 0.257 e. The van der Waals surface area contributed by atoms with Gasteiger partial charge in [-0.25, -0.2) is 0 Å². The van der Waals surface area contributed by atoms with Crippen molar-refractivity contribution < 1.29 is 14.3 Å². The van der Waals surface area contributed by atoms with Crippen LogP contribution in [0.3, 0.4) is 0 Å². The largest absolute Gasteiger partial charge is 0.484 e. The zero-order chi connectivity index (χ0) is 13.5. The molecule has 1 atom stereocenters. The number of hydrogen-bond acceptors (Lipinski definition) is 4. The average Bonchev–Trinajstić information content (AvgIpc) is 2.36. The van der Waals surface area contributed by atoms with Gasteiger partial charge in [-0.1, -0.05) is 6.07 Å². The van der Waals surface area contributed by atoms with E-state index in [-0.39, 0.29) is 18.4 Å². The van der Waals surface area contributed by atoms with Crippen LogP contribution in [0, 0.1) is 0 Å². The van der Waals surface area contributed by atoms with Crippen LogP contribution >= 0.6 is 0 Å². The lowest BCUT2D eigenvalue weighted by atomic mass is 10.2. The van der Waals surface area contributed by atoms with Crippen LogP contribution in [0.25, 0.3) is 0 Å². The Balaban J connectivity index is 2.62. The Bertz CT molecular complexity index is 432. The summed E-state index contributed by atoms with van der Waals surface area (Å²) in [6.07, 6.45) is 0. The molecule has 1 aromatic rings. The molecule has 0 aromatic heterocycles. The molecule has 98 valence electrons. The number of rotatable bonds is 5. The van der Waals surface area contributed by atoms with Crippen LogP contribution in [0.4, 0.5) is 5.69 Å². The molecule has 0 unspecified atom stereocenters. The Morgan fingerprint density at radius 3 is 2.78 bits per heavy atom. The molecule has 0 aliphatic carbocycles. The molecule has 0 aliphatic rings. The minimum atomic E-state index is -0.583. The second-order valence-electron chi connectivity index (χ2n) is 3.77. The third-order valence-corrected chi connectivity index (χ3v) is 2.16. The van der Waals surface area contributed by atoms with E-state index in [1.54, 1.807) is 31.2 Å². The zero-order valence-electron chi connectivity index (χ0n) is 10.4. The van der Waals surface area contributed by atoms with Crippen LogP contribution in [0.2, 0.25) is 0 Å². The molecule has 18 heavy (non-hydrogen) atoms. The third kappa shape index (κ3) is 4.42. The van der Waals surface area contributed by atoms with Gasteiger partial charge in [0.25, 0.3) is 5.91 Å². The first-order valence-electron chi connectivity index (χ1n) is 5.53. The Hall–Kier alpha value is -2.08. The fourth-order valence-electron chi connectivity index (χ4n) is 1.14. The summed E-state index contributed by atoms with van der Waals surface area (Å²) in [4.78, 5) is 22.4. The molecule has 0 spiro atoms. The van der Waals surface area contributed by atoms with Gasteiger partial charge in [0.1, 0.15) is 5.75 Å². The van der Waals surface area contributed by atoms with Crippen molar-refractivity contribution in [2.75, 3.05) is 19.0 Å². The van der Waals surface area contributed by atoms with Gasteiger partial charge in [0.05, 0.1) is 6.04 Å². The molecule has 0 fully saturated rings. The quantitative estimate of drug-likeness (QED) is 0.691. The van der Waals surface area contributed by atoms with Crippen LogP contribution in [0.5, 0.6) is 5.75 Å². The second kappa shape index (κ2) is 6.61. The van der Waals surface area contributed by atoms with Crippen LogP contribution in [0.15, 0.2) is 24.3 Å². The number of likely N-dealkylation sites (N-methyl/N-ethyl adjacent to an activating group) is 1. The number of carbonyl (C=O) groups is 2. The smallest absolute Gasteiger partial charge is 0.257 e. The molecule has 4 N–H and O–H groups in total. The van der Waals surface area contributed by atoms with E-state index in [2.05, 4.69) is 10.6 Å². The Morgan fingerprint density at radius 1 is 1.44 bits per heavy atom. The first kappa shape index (κ1) is 14.0. The summed E-state index contributed by atoms with van der Waals surface area (Å²) in [5.74, 6) is -0.000421. The summed E-state index contributed by atoms with van der Waals surface area (Å²) in [6, 6.07) is 6.18. The SMILES string of the molecule is CNC(=O)COc1cccc(NC(=O)[C@H](C)N)c1. The van der Waals surface area contributed by atoms with Gasteiger partial charge in [0.15, 0.2) is 6.61 Å². The Kier molecular flexibility index (Phi) is 5.13. The van der Waals surface area contributed by atoms with Crippen LogP contribution in [-0.2, 0) is 9.59 Å². The molecule has 6 nitrogen and oxygen atoms in total. The molecular formula is C12H17N3O3. The molecular weight excluding hydrogens is 234 g/mol. The van der Waals surface area contributed by atoms with E-state index in [0.717, 1.165) is 0 Å². The first-order valence-corrected chi connectivity index (χ1v) is 5.53. The number of benzene rings is 1. The summed E-state index contributed by atoms with van der Waals surface area (Å²) in [6.45, 7) is 1.53. The molecule has 0 radical (unpaired) electrons. The van der Waals surface area contributed by atoms with Gasteiger partial charge in [0.2, 0.25) is 5.91 Å². The van der Waals surface area contributed by atoms with Gasteiger partial charge in [-0.3, -0.25) is 9.59 Å². The van der Waals surface area contributed by atoms with Crippen LogP contribution < -0.4 is 21.1 Å². The fraction of sp³-hybridized carbons (Fsp3) is 0.333.